The molecule has 0 bridgehead atoms. The highest BCUT2D eigenvalue weighted by Gasteiger charge is 2.16. The number of phenols is 1. The largest absolute Gasteiger partial charge is 0.507 e. The summed E-state index contributed by atoms with van der Waals surface area (Å²) in [6.45, 7) is 6.46. The van der Waals surface area contributed by atoms with Crippen LogP contribution in [0.1, 0.15) is 77.6 Å². The maximum Gasteiger partial charge on any atom is 0.339 e. The van der Waals surface area contributed by atoms with Crippen LogP contribution in [0.2, 0.25) is 5.02 Å². The first-order valence-electron chi connectivity index (χ1n) is 15.4. The van der Waals surface area contributed by atoms with Gasteiger partial charge in [0.2, 0.25) is 6.41 Å². The number of rotatable bonds is 11. The average molecular weight is 645 g/mol. The molecule has 2 N–H and O–H groups in total. The molecule has 0 radical (unpaired) electrons. The predicted octanol–water partition coefficient (Wildman–Crippen LogP) is 9.48. The fourth-order valence-electron chi connectivity index (χ4n) is 5.37. The Morgan fingerprint density at radius 1 is 0.933 bits per heavy atom. The van der Waals surface area contributed by atoms with Crippen LogP contribution in [0.3, 0.4) is 0 Å². The molecule has 45 heavy (non-hydrogen) atoms. The third-order valence-corrected chi connectivity index (χ3v) is 9.49. The van der Waals surface area contributed by atoms with E-state index in [0.717, 1.165) is 23.7 Å². The number of amides is 1. The van der Waals surface area contributed by atoms with Crippen molar-refractivity contribution in [1.29, 1.82) is 0 Å². The van der Waals surface area contributed by atoms with Gasteiger partial charge >= 0.3 is 5.97 Å². The lowest BCUT2D eigenvalue weighted by Gasteiger charge is -2.23. The fraction of sp³-hybridized carbons (Fsp3) is 0.297. The molecule has 5 rings (SSSR count). The lowest BCUT2D eigenvalue weighted by atomic mass is 9.84. The summed E-state index contributed by atoms with van der Waals surface area (Å²) >= 11 is 7.99. The molecule has 0 heterocycles. The zero-order valence-electron chi connectivity index (χ0n) is 25.9. The van der Waals surface area contributed by atoms with Crippen LogP contribution < -0.4 is 4.90 Å². The topological polar surface area (TPSA) is 81.1 Å². The van der Waals surface area contributed by atoms with Crippen LogP contribution in [0, 0.1) is 6.92 Å². The summed E-state index contributed by atoms with van der Waals surface area (Å²) in [6.07, 6.45) is 7.09. The van der Waals surface area contributed by atoms with Crippen LogP contribution in [0.4, 0.5) is 5.69 Å². The summed E-state index contributed by atoms with van der Waals surface area (Å²) in [5, 5.41) is 19.6. The SMILES string of the molecule is CCN(Cc1ccccc1Cl)Sc1ccc(C)cc1.O=CN(Cc1ccc(C2CCCCC2)cc1)c1ccc(C(=O)O)c(O)c1. The molecule has 0 spiro atoms. The van der Waals surface area contributed by atoms with Gasteiger partial charge in [0.1, 0.15) is 11.3 Å². The van der Waals surface area contributed by atoms with Crippen LogP contribution >= 0.6 is 23.5 Å². The summed E-state index contributed by atoms with van der Waals surface area (Å²) in [6, 6.07) is 29.1. The Bertz CT molecular complexity index is 1540. The van der Waals surface area contributed by atoms with Gasteiger partial charge in [0.25, 0.3) is 0 Å². The Balaban J connectivity index is 0.000000215. The van der Waals surface area contributed by atoms with E-state index < -0.39 is 5.97 Å². The average Bonchev–Trinajstić information content (AvgIpc) is 3.06. The Morgan fingerprint density at radius 3 is 2.22 bits per heavy atom. The van der Waals surface area contributed by atoms with E-state index in [1.54, 1.807) is 11.9 Å². The molecule has 236 valence electrons. The molecule has 0 atom stereocenters. The van der Waals surface area contributed by atoms with Gasteiger partial charge in [-0.15, -0.1) is 0 Å². The zero-order chi connectivity index (χ0) is 32.2. The summed E-state index contributed by atoms with van der Waals surface area (Å²) in [7, 11) is 0. The van der Waals surface area contributed by atoms with Gasteiger partial charge in [-0.05, 0) is 84.7 Å². The molecule has 8 heteroatoms. The maximum atomic E-state index is 11.5. The van der Waals surface area contributed by atoms with Gasteiger partial charge in [-0.25, -0.2) is 9.10 Å². The second kappa shape index (κ2) is 17.1. The highest BCUT2D eigenvalue weighted by Crippen LogP contribution is 2.33. The molecule has 0 aliphatic heterocycles. The van der Waals surface area contributed by atoms with Crippen molar-refractivity contribution >= 4 is 41.6 Å². The number of anilines is 1. The molecule has 0 unspecified atom stereocenters. The van der Waals surface area contributed by atoms with Crippen LogP contribution in [-0.2, 0) is 17.9 Å². The molecule has 4 aromatic carbocycles. The highest BCUT2D eigenvalue weighted by atomic mass is 35.5. The molecule has 1 aliphatic rings. The summed E-state index contributed by atoms with van der Waals surface area (Å²) in [4.78, 5) is 25.2. The molecule has 1 saturated carbocycles. The number of carbonyl (C=O) groups is 2. The number of hydrogen-bond acceptors (Lipinski definition) is 5. The third kappa shape index (κ3) is 10.1. The number of aromatic carboxylic acids is 1. The van der Waals surface area contributed by atoms with Gasteiger partial charge in [-0.1, -0.05) is 97.9 Å². The van der Waals surface area contributed by atoms with Gasteiger partial charge in [-0.3, -0.25) is 4.79 Å². The molecule has 4 aromatic rings. The summed E-state index contributed by atoms with van der Waals surface area (Å²) < 4.78 is 2.31. The number of carboxylic acid groups (broad SMARTS) is 1. The van der Waals surface area contributed by atoms with Crippen LogP contribution in [0.5, 0.6) is 5.75 Å². The minimum Gasteiger partial charge on any atom is -0.507 e. The smallest absolute Gasteiger partial charge is 0.339 e. The summed E-state index contributed by atoms with van der Waals surface area (Å²) in [5.41, 5.74) is 5.08. The van der Waals surface area contributed by atoms with E-state index in [1.165, 1.54) is 76.8 Å². The van der Waals surface area contributed by atoms with Gasteiger partial charge in [0.15, 0.2) is 0 Å². The second-order valence-corrected chi connectivity index (χ2v) is 12.8. The number of hydrogen-bond donors (Lipinski definition) is 2. The lowest BCUT2D eigenvalue weighted by Crippen LogP contribution is -2.20. The van der Waals surface area contributed by atoms with E-state index >= 15 is 0 Å². The van der Waals surface area contributed by atoms with E-state index in [2.05, 4.69) is 60.6 Å². The monoisotopic (exact) mass is 644 g/mol. The van der Waals surface area contributed by atoms with Crippen LogP contribution in [0.25, 0.3) is 0 Å². The van der Waals surface area contributed by atoms with Crippen molar-refractivity contribution in [3.63, 3.8) is 0 Å². The number of halogens is 1. The fourth-order valence-corrected chi connectivity index (χ4v) is 6.45. The van der Waals surface area contributed by atoms with Gasteiger partial charge in [-0.2, -0.15) is 0 Å². The van der Waals surface area contributed by atoms with Crippen molar-refractivity contribution in [3.05, 3.63) is 124 Å². The van der Waals surface area contributed by atoms with Gasteiger partial charge in [0, 0.05) is 34.8 Å². The number of aromatic hydroxyl groups is 1. The molecular weight excluding hydrogens is 604 g/mol. The van der Waals surface area contributed by atoms with Crippen molar-refractivity contribution in [2.45, 2.75) is 69.9 Å². The predicted molar refractivity (Wildman–Crippen MR) is 184 cm³/mol. The van der Waals surface area contributed by atoms with Crippen molar-refractivity contribution < 1.29 is 19.8 Å². The zero-order valence-corrected chi connectivity index (χ0v) is 27.4. The van der Waals surface area contributed by atoms with E-state index in [1.807, 2.05) is 30.3 Å². The Hall–Kier alpha value is -3.78. The normalized spacial score (nSPS) is 13.2. The Labute approximate surface area is 275 Å². The number of aryl methyl sites for hydroxylation is 1. The minimum absolute atomic E-state index is 0.184. The van der Waals surface area contributed by atoms with E-state index in [4.69, 9.17) is 16.7 Å². The Morgan fingerprint density at radius 2 is 1.62 bits per heavy atom. The standard InChI is InChI=1S/C21H23NO4.C16H18ClNS/c23-14-22(18-10-11-19(21(25)26)20(24)12-18)13-15-6-8-17(9-7-15)16-4-2-1-3-5-16;1-3-18(12-14-6-4-5-7-16(14)17)19-15-10-8-13(2)9-11-15/h6-12,14,16,24H,1-5,13H2,(H,25,26);4-11H,3,12H2,1-2H3. The lowest BCUT2D eigenvalue weighted by molar-refractivity contribution is -0.107. The molecule has 6 nitrogen and oxygen atoms in total. The van der Waals surface area contributed by atoms with E-state index in [9.17, 15) is 14.7 Å². The quantitative estimate of drug-likeness (QED) is 0.125. The first kappa shape index (κ1) is 34.1. The van der Waals surface area contributed by atoms with E-state index in [-0.39, 0.29) is 11.3 Å². The molecule has 0 saturated heterocycles. The van der Waals surface area contributed by atoms with E-state index in [0.29, 0.717) is 24.6 Å². The Kier molecular flexibility index (Phi) is 12.9. The maximum absolute atomic E-state index is 11.5. The molecule has 1 aliphatic carbocycles. The number of nitrogens with zero attached hydrogens (tertiary/aromatic N) is 2. The van der Waals surface area contributed by atoms with Gasteiger partial charge in [0.05, 0.1) is 6.54 Å². The number of benzene rings is 4. The summed E-state index contributed by atoms with van der Waals surface area (Å²) in [5.74, 6) is -0.917. The number of carboxylic acids is 1. The van der Waals surface area contributed by atoms with Crippen LogP contribution in [0.15, 0.2) is 95.9 Å². The van der Waals surface area contributed by atoms with Crippen molar-refractivity contribution in [2.75, 3.05) is 11.4 Å². The van der Waals surface area contributed by atoms with Crippen molar-refractivity contribution in [1.82, 2.24) is 4.31 Å². The third-order valence-electron chi connectivity index (χ3n) is 7.99. The molecular formula is C37H41ClN2O4S. The molecule has 0 aromatic heterocycles. The number of carbonyl (C=O) groups excluding carboxylic acids is 1. The first-order chi connectivity index (χ1) is 21.8. The van der Waals surface area contributed by atoms with Crippen molar-refractivity contribution in [2.24, 2.45) is 0 Å². The first-order valence-corrected chi connectivity index (χ1v) is 16.5. The highest BCUT2D eigenvalue weighted by molar-refractivity contribution is 7.97. The van der Waals surface area contributed by atoms with Crippen molar-refractivity contribution in [3.8, 4) is 5.75 Å². The molecule has 1 fully saturated rings. The van der Waals surface area contributed by atoms with Crippen LogP contribution in [-0.4, -0.2) is 33.4 Å². The minimum atomic E-state index is -1.20. The molecule has 1 amide bonds. The van der Waals surface area contributed by atoms with Gasteiger partial charge < -0.3 is 15.1 Å². The second-order valence-electron chi connectivity index (χ2n) is 11.3.